The maximum atomic E-state index is 2.91. The van der Waals surface area contributed by atoms with Crippen molar-refractivity contribution < 1.29 is 0 Å². The van der Waals surface area contributed by atoms with Crippen LogP contribution in [0, 0.1) is 94.7 Å². The summed E-state index contributed by atoms with van der Waals surface area (Å²) < 4.78 is 0. The Hall–Kier alpha value is -1.04. The molecule has 260 valence electrons. The molecule has 8 aliphatic rings. The quantitative estimate of drug-likeness (QED) is 0.254. The fourth-order valence-corrected chi connectivity index (χ4v) is 14.8. The molecule has 8 rings (SSSR count). The minimum atomic E-state index is 0.835. The Morgan fingerprint density at radius 2 is 1.30 bits per heavy atom. The lowest BCUT2D eigenvalue weighted by Crippen LogP contribution is -2.52. The third-order valence-corrected chi connectivity index (χ3v) is 17.2. The molecule has 0 bridgehead atoms. The van der Waals surface area contributed by atoms with Gasteiger partial charge in [0.15, 0.2) is 0 Å². The van der Waals surface area contributed by atoms with E-state index < -0.39 is 0 Å². The van der Waals surface area contributed by atoms with E-state index in [2.05, 4.69) is 63.3 Å². The summed E-state index contributed by atoms with van der Waals surface area (Å²) in [5, 5.41) is 0. The largest absolute Gasteiger partial charge is 0.0880 e. The molecule has 0 saturated heterocycles. The van der Waals surface area contributed by atoms with Crippen molar-refractivity contribution in [3.05, 3.63) is 48.1 Å². The fourth-order valence-electron chi connectivity index (χ4n) is 14.8. The Morgan fingerprint density at radius 3 is 2.00 bits per heavy atom. The van der Waals surface area contributed by atoms with Crippen molar-refractivity contribution in [2.45, 2.75) is 149 Å². The van der Waals surface area contributed by atoms with Crippen LogP contribution in [-0.4, -0.2) is 0 Å². The number of hydrogen-bond donors (Lipinski definition) is 0. The van der Waals surface area contributed by atoms with Crippen molar-refractivity contribution in [1.29, 1.82) is 0 Å². The average molecular weight is 637 g/mol. The van der Waals surface area contributed by atoms with Crippen LogP contribution in [0.25, 0.3) is 0 Å². The summed E-state index contributed by atoms with van der Waals surface area (Å²) >= 11 is 0. The highest BCUT2D eigenvalue weighted by molar-refractivity contribution is 5.20. The topological polar surface area (TPSA) is 0 Å². The van der Waals surface area contributed by atoms with Gasteiger partial charge in [0.05, 0.1) is 0 Å². The Kier molecular flexibility index (Phi) is 10.3. The van der Waals surface area contributed by atoms with E-state index in [1.54, 1.807) is 38.5 Å². The maximum absolute atomic E-state index is 2.91. The molecular weight excluding hydrogens is 565 g/mol. The lowest BCUT2D eigenvalue weighted by Gasteiger charge is -2.59. The zero-order valence-corrected chi connectivity index (χ0v) is 30.9. The Balaban J connectivity index is 0.991. The summed E-state index contributed by atoms with van der Waals surface area (Å²) in [5.74, 6) is 15.3. The van der Waals surface area contributed by atoms with Gasteiger partial charge in [0, 0.05) is 0 Å². The zero-order chi connectivity index (χ0) is 31.9. The molecule has 5 saturated carbocycles. The first-order valence-electron chi connectivity index (χ1n) is 21.8. The third kappa shape index (κ3) is 6.62. The van der Waals surface area contributed by atoms with Gasteiger partial charge in [0.25, 0.3) is 0 Å². The first kappa shape index (κ1) is 33.1. The monoisotopic (exact) mass is 637 g/mol. The van der Waals surface area contributed by atoms with E-state index >= 15 is 0 Å². The predicted molar refractivity (Wildman–Crippen MR) is 201 cm³/mol. The number of rotatable bonds is 6. The van der Waals surface area contributed by atoms with E-state index in [9.17, 15) is 0 Å². The van der Waals surface area contributed by atoms with Gasteiger partial charge in [0.2, 0.25) is 0 Å². The molecule has 0 aromatic carbocycles. The lowest BCUT2D eigenvalue weighted by molar-refractivity contribution is -0.0719. The van der Waals surface area contributed by atoms with Crippen molar-refractivity contribution in [3.63, 3.8) is 0 Å². The van der Waals surface area contributed by atoms with E-state index in [1.807, 2.05) is 5.57 Å². The maximum Gasteiger partial charge on any atom is -0.0141 e. The van der Waals surface area contributed by atoms with Crippen molar-refractivity contribution in [2.75, 3.05) is 0 Å². The summed E-state index contributed by atoms with van der Waals surface area (Å²) in [4.78, 5) is 0. The second-order valence-corrected chi connectivity index (χ2v) is 19.3. The summed E-state index contributed by atoms with van der Waals surface area (Å²) in [6.07, 6.45) is 48.1. The van der Waals surface area contributed by atoms with Crippen molar-refractivity contribution >= 4 is 0 Å². The zero-order valence-electron chi connectivity index (χ0n) is 30.9. The summed E-state index contributed by atoms with van der Waals surface area (Å²) in [6, 6.07) is 0. The van der Waals surface area contributed by atoms with Crippen LogP contribution in [0.3, 0.4) is 0 Å². The van der Waals surface area contributed by atoms with Crippen LogP contribution in [0.2, 0.25) is 0 Å². The highest BCUT2D eigenvalue weighted by atomic mass is 14.6. The van der Waals surface area contributed by atoms with Crippen LogP contribution in [0.5, 0.6) is 0 Å². The van der Waals surface area contributed by atoms with Crippen LogP contribution in [0.4, 0.5) is 0 Å². The van der Waals surface area contributed by atoms with E-state index in [4.69, 9.17) is 0 Å². The third-order valence-electron chi connectivity index (χ3n) is 17.2. The summed E-state index contributed by atoms with van der Waals surface area (Å²) in [5.41, 5.74) is 1.99. The molecule has 0 amide bonds. The molecule has 47 heavy (non-hydrogen) atoms. The minimum absolute atomic E-state index is 0.835. The van der Waals surface area contributed by atoms with E-state index in [-0.39, 0.29) is 0 Å². The van der Waals surface area contributed by atoms with E-state index in [1.165, 1.54) is 89.9 Å². The van der Waals surface area contributed by atoms with Crippen LogP contribution in [0.1, 0.15) is 149 Å². The number of fused-ring (bicyclic) bond motifs is 3. The van der Waals surface area contributed by atoms with Crippen LogP contribution in [0.15, 0.2) is 48.1 Å². The molecule has 0 radical (unpaired) electrons. The Bertz CT molecular complexity index is 1140. The molecule has 0 heteroatoms. The molecule has 0 spiro atoms. The molecule has 14 unspecified atom stereocenters. The molecule has 0 aromatic rings. The molecule has 0 aromatic heterocycles. The van der Waals surface area contributed by atoms with E-state index in [0.717, 1.165) is 94.7 Å². The fraction of sp³-hybridized carbons (Fsp3) is 0.830. The molecule has 0 nitrogen and oxygen atoms in total. The summed E-state index contributed by atoms with van der Waals surface area (Å²) in [6.45, 7) is 7.63. The molecular formula is C47H72. The van der Waals surface area contributed by atoms with Gasteiger partial charge in [-0.3, -0.25) is 0 Å². The standard InChI is InChI=1S/C47H72/c1-4-12-36-28-41(27-31(2)32(36)3)38-15-11-16-40(30-38)47-44-19-9-7-17-42(44)46(43-18-8-10-20-45(43)47)35-24-21-34(22-25-35)39-26-23-33-13-5-6-14-37(33)29-39/h5-6,11,13-14,16,24,31-34,36-47H,4,7-10,12,15,17-23,25-30H2,1-3H3. The Morgan fingerprint density at radius 1 is 0.596 bits per heavy atom. The van der Waals surface area contributed by atoms with Gasteiger partial charge in [-0.05, 0) is 185 Å². The van der Waals surface area contributed by atoms with Crippen molar-refractivity contribution in [1.82, 2.24) is 0 Å². The molecule has 0 N–H and O–H groups in total. The molecule has 5 fully saturated rings. The van der Waals surface area contributed by atoms with Gasteiger partial charge in [-0.2, -0.15) is 0 Å². The second-order valence-electron chi connectivity index (χ2n) is 19.3. The Labute approximate surface area is 291 Å². The van der Waals surface area contributed by atoms with Gasteiger partial charge in [-0.15, -0.1) is 0 Å². The first-order chi connectivity index (χ1) is 23.1. The van der Waals surface area contributed by atoms with Gasteiger partial charge in [-0.25, -0.2) is 0 Å². The minimum Gasteiger partial charge on any atom is -0.0880 e. The van der Waals surface area contributed by atoms with Gasteiger partial charge in [-0.1, -0.05) is 107 Å². The first-order valence-corrected chi connectivity index (χ1v) is 21.8. The van der Waals surface area contributed by atoms with Crippen LogP contribution >= 0.6 is 0 Å². The molecule has 0 heterocycles. The van der Waals surface area contributed by atoms with Gasteiger partial charge in [0.1, 0.15) is 0 Å². The normalized spacial score (nSPS) is 49.8. The highest BCUT2D eigenvalue weighted by Crippen LogP contribution is 2.62. The number of allylic oxidation sites excluding steroid dienone is 8. The van der Waals surface area contributed by atoms with Crippen LogP contribution in [-0.2, 0) is 0 Å². The van der Waals surface area contributed by atoms with Crippen molar-refractivity contribution in [2.24, 2.45) is 94.7 Å². The predicted octanol–water partition coefficient (Wildman–Crippen LogP) is 13.4. The molecule has 14 atom stereocenters. The lowest BCUT2D eigenvalue weighted by atomic mass is 9.46. The average Bonchev–Trinajstić information content (AvgIpc) is 3.12. The van der Waals surface area contributed by atoms with Gasteiger partial charge < -0.3 is 0 Å². The smallest absolute Gasteiger partial charge is 0.0141 e. The van der Waals surface area contributed by atoms with E-state index in [0.29, 0.717) is 0 Å². The molecule has 8 aliphatic carbocycles. The molecule has 0 aliphatic heterocycles. The SMILES string of the molecule is CCCC1CC(C2CC=CC(C3C4CCCCC4C(C4=CCC(C5CCC6C=CC=CC6C5)CC4)C4CCCCC43)C2)CC(C)C1C. The van der Waals surface area contributed by atoms with Crippen molar-refractivity contribution in [3.8, 4) is 0 Å². The highest BCUT2D eigenvalue weighted by Gasteiger charge is 2.54. The van der Waals surface area contributed by atoms with Gasteiger partial charge >= 0.3 is 0 Å². The second kappa shape index (κ2) is 14.7. The van der Waals surface area contributed by atoms with Crippen LogP contribution < -0.4 is 0 Å². The summed E-state index contributed by atoms with van der Waals surface area (Å²) in [7, 11) is 0. The number of hydrogen-bond acceptors (Lipinski definition) is 0.